The molecule has 1 aliphatic heterocycles. The number of rotatable bonds is 10. The normalized spacial score (nSPS) is 14.0. The maximum Gasteiger partial charge on any atom is 0.272 e. The van der Waals surface area contributed by atoms with Gasteiger partial charge in [0.1, 0.15) is 5.69 Å². The number of nitrogens with zero attached hydrogens (tertiary/aromatic N) is 3. The Morgan fingerprint density at radius 2 is 1.62 bits per heavy atom. The highest BCUT2D eigenvalue weighted by atomic mass is 16.2. The van der Waals surface area contributed by atoms with E-state index >= 15 is 0 Å². The monoisotopic (exact) mass is 639 g/mol. The highest BCUT2D eigenvalue weighted by Gasteiger charge is 2.33. The average molecular weight is 640 g/mol. The molecule has 1 atom stereocenters. The summed E-state index contributed by atoms with van der Waals surface area (Å²) < 4.78 is 0. The molecule has 5 aromatic rings. The zero-order valence-corrected chi connectivity index (χ0v) is 27.2. The summed E-state index contributed by atoms with van der Waals surface area (Å²) in [5, 5.41) is 5.12. The lowest BCUT2D eigenvalue weighted by Gasteiger charge is -2.42. The number of fused-ring (bicyclic) bond motifs is 1. The number of amides is 3. The Balaban J connectivity index is 1.28. The van der Waals surface area contributed by atoms with E-state index in [0.29, 0.717) is 50.3 Å². The van der Waals surface area contributed by atoms with Crippen molar-refractivity contribution in [3.05, 3.63) is 138 Å². The smallest absolute Gasteiger partial charge is 0.272 e. The molecule has 2 heterocycles. The molecule has 1 fully saturated rings. The van der Waals surface area contributed by atoms with E-state index in [-0.39, 0.29) is 36.2 Å². The van der Waals surface area contributed by atoms with Crippen molar-refractivity contribution in [1.29, 1.82) is 0 Å². The Morgan fingerprint density at radius 3 is 2.40 bits per heavy atom. The van der Waals surface area contributed by atoms with Crippen molar-refractivity contribution in [2.24, 2.45) is 5.73 Å². The molecule has 8 nitrogen and oxygen atoms in total. The Labute approximate surface area is 281 Å². The molecule has 0 aliphatic carbocycles. The number of pyridine rings is 1. The molecule has 3 amide bonds. The zero-order valence-electron chi connectivity index (χ0n) is 27.2. The van der Waals surface area contributed by atoms with E-state index in [1.54, 1.807) is 18.3 Å². The van der Waals surface area contributed by atoms with Crippen LogP contribution in [0.15, 0.2) is 115 Å². The molecule has 0 saturated carbocycles. The van der Waals surface area contributed by atoms with Crippen LogP contribution in [0.5, 0.6) is 0 Å². The van der Waals surface area contributed by atoms with E-state index in [0.717, 1.165) is 33.0 Å². The van der Waals surface area contributed by atoms with Gasteiger partial charge in [0.15, 0.2) is 0 Å². The molecule has 0 bridgehead atoms. The first-order valence-electron chi connectivity index (χ1n) is 16.6. The van der Waals surface area contributed by atoms with E-state index in [4.69, 9.17) is 5.73 Å². The third-order valence-corrected chi connectivity index (χ3v) is 9.19. The van der Waals surface area contributed by atoms with E-state index in [2.05, 4.69) is 47.6 Å². The summed E-state index contributed by atoms with van der Waals surface area (Å²) in [6.45, 7) is 3.91. The predicted molar refractivity (Wildman–Crippen MR) is 189 cm³/mol. The Kier molecular flexibility index (Phi) is 10.2. The number of carbonyl (C=O) groups excluding carboxylic acids is 3. The summed E-state index contributed by atoms with van der Waals surface area (Å²) in [7, 11) is 0. The Bertz CT molecular complexity index is 1900. The van der Waals surface area contributed by atoms with Crippen molar-refractivity contribution in [2.45, 2.75) is 38.3 Å². The van der Waals surface area contributed by atoms with Crippen LogP contribution in [0.1, 0.15) is 57.8 Å². The van der Waals surface area contributed by atoms with Crippen LogP contribution in [0.2, 0.25) is 0 Å². The average Bonchev–Trinajstić information content (AvgIpc) is 3.14. The first kappa shape index (κ1) is 32.6. The fourth-order valence-corrected chi connectivity index (χ4v) is 6.69. The Morgan fingerprint density at radius 1 is 0.875 bits per heavy atom. The maximum atomic E-state index is 14.4. The van der Waals surface area contributed by atoms with Gasteiger partial charge in [-0.3, -0.25) is 19.4 Å². The minimum Gasteiger partial charge on any atom is -0.351 e. The lowest BCUT2D eigenvalue weighted by molar-refractivity contribution is -0.136. The van der Waals surface area contributed by atoms with Crippen molar-refractivity contribution >= 4 is 28.5 Å². The Hall–Kier alpha value is -5.34. The number of benzene rings is 4. The maximum absolute atomic E-state index is 14.4. The van der Waals surface area contributed by atoms with E-state index in [1.165, 1.54) is 0 Å². The number of nitrogens with one attached hydrogen (secondary N) is 1. The molecule has 244 valence electrons. The quantitative estimate of drug-likeness (QED) is 0.194. The molecule has 8 heteroatoms. The molecule has 1 saturated heterocycles. The van der Waals surface area contributed by atoms with Gasteiger partial charge in [-0.1, -0.05) is 84.9 Å². The van der Waals surface area contributed by atoms with Crippen LogP contribution < -0.4 is 11.1 Å². The van der Waals surface area contributed by atoms with Gasteiger partial charge in [-0.05, 0) is 77.1 Å². The number of carbonyl (C=O) groups is 3. The van der Waals surface area contributed by atoms with Crippen molar-refractivity contribution in [3.8, 4) is 11.1 Å². The summed E-state index contributed by atoms with van der Waals surface area (Å²) in [5.74, 6) is -0.217. The standard InChI is InChI=1S/C40H41N5O3/c1-28(31-11-8-12-33(27-31)35-13-4-5-14-36(35)39(47)43-22-20-41)45(38(46)26-29-16-17-30-9-2-3-10-32(30)25-29)34-18-23-44(24-19-34)40(48)37-15-6-7-21-42-37/h2-17,21,25,27-28,34H,18-20,22-24,26,41H2,1H3,(H,43,47). The molecule has 1 aromatic heterocycles. The summed E-state index contributed by atoms with van der Waals surface area (Å²) in [4.78, 5) is 48.6. The fourth-order valence-electron chi connectivity index (χ4n) is 6.69. The largest absolute Gasteiger partial charge is 0.351 e. The van der Waals surface area contributed by atoms with Gasteiger partial charge in [0, 0.05) is 44.0 Å². The first-order valence-corrected chi connectivity index (χ1v) is 16.6. The molecular weight excluding hydrogens is 598 g/mol. The van der Waals surface area contributed by atoms with Crippen LogP contribution in [-0.4, -0.2) is 64.7 Å². The van der Waals surface area contributed by atoms with Gasteiger partial charge in [-0.25, -0.2) is 0 Å². The minimum absolute atomic E-state index is 0.0410. The van der Waals surface area contributed by atoms with E-state index < -0.39 is 0 Å². The topological polar surface area (TPSA) is 109 Å². The number of piperidine rings is 1. The van der Waals surface area contributed by atoms with Gasteiger partial charge in [0.05, 0.1) is 12.5 Å². The molecule has 1 aliphatic rings. The number of aromatic nitrogens is 1. The van der Waals surface area contributed by atoms with Gasteiger partial charge in [0.2, 0.25) is 5.91 Å². The molecule has 6 rings (SSSR count). The second-order valence-electron chi connectivity index (χ2n) is 12.3. The van der Waals surface area contributed by atoms with E-state index in [9.17, 15) is 14.4 Å². The predicted octanol–water partition coefficient (Wildman–Crippen LogP) is 6.03. The van der Waals surface area contributed by atoms with Gasteiger partial charge in [-0.2, -0.15) is 0 Å². The van der Waals surface area contributed by atoms with Gasteiger partial charge in [0.25, 0.3) is 11.8 Å². The number of hydrogen-bond acceptors (Lipinski definition) is 5. The molecule has 48 heavy (non-hydrogen) atoms. The van der Waals surface area contributed by atoms with Crippen molar-refractivity contribution in [1.82, 2.24) is 20.1 Å². The van der Waals surface area contributed by atoms with Crippen LogP contribution in [0, 0.1) is 0 Å². The van der Waals surface area contributed by atoms with E-state index in [1.807, 2.05) is 76.5 Å². The minimum atomic E-state index is -0.251. The van der Waals surface area contributed by atoms with Gasteiger partial charge < -0.3 is 20.9 Å². The third-order valence-electron chi connectivity index (χ3n) is 9.19. The highest BCUT2D eigenvalue weighted by Crippen LogP contribution is 2.32. The number of nitrogens with two attached hydrogens (primary N) is 1. The van der Waals surface area contributed by atoms with Crippen molar-refractivity contribution < 1.29 is 14.4 Å². The van der Waals surface area contributed by atoms with Crippen LogP contribution in [0.3, 0.4) is 0 Å². The lowest BCUT2D eigenvalue weighted by atomic mass is 9.93. The number of hydrogen-bond donors (Lipinski definition) is 2. The lowest BCUT2D eigenvalue weighted by Crippen LogP contribution is -2.50. The van der Waals surface area contributed by atoms with Crippen molar-refractivity contribution in [2.75, 3.05) is 26.2 Å². The highest BCUT2D eigenvalue weighted by molar-refractivity contribution is 6.01. The third kappa shape index (κ3) is 7.29. The molecule has 3 N–H and O–H groups in total. The SMILES string of the molecule is CC(c1cccc(-c2ccccc2C(=O)NCCN)c1)N(C(=O)Cc1ccc2ccccc2c1)C1CCN(C(=O)c2ccccn2)CC1. The summed E-state index contributed by atoms with van der Waals surface area (Å²) in [6.07, 6.45) is 3.23. The molecule has 0 spiro atoms. The van der Waals surface area contributed by atoms with Gasteiger partial charge >= 0.3 is 0 Å². The molecule has 0 radical (unpaired) electrons. The fraction of sp³-hybridized carbons (Fsp3) is 0.250. The number of likely N-dealkylation sites (tertiary alicyclic amines) is 1. The second kappa shape index (κ2) is 15.0. The molecule has 1 unspecified atom stereocenters. The van der Waals surface area contributed by atoms with Gasteiger partial charge in [-0.15, -0.1) is 0 Å². The van der Waals surface area contributed by atoms with Crippen LogP contribution in [-0.2, 0) is 11.2 Å². The van der Waals surface area contributed by atoms with Crippen LogP contribution >= 0.6 is 0 Å². The van der Waals surface area contributed by atoms with Crippen LogP contribution in [0.4, 0.5) is 0 Å². The zero-order chi connectivity index (χ0) is 33.5. The molecule has 4 aromatic carbocycles. The van der Waals surface area contributed by atoms with Crippen molar-refractivity contribution in [3.63, 3.8) is 0 Å². The summed E-state index contributed by atoms with van der Waals surface area (Å²) in [6, 6.07) is 35.0. The summed E-state index contributed by atoms with van der Waals surface area (Å²) >= 11 is 0. The molecular formula is C40H41N5O3. The first-order chi connectivity index (χ1) is 23.4. The summed E-state index contributed by atoms with van der Waals surface area (Å²) in [5.41, 5.74) is 10.3. The van der Waals surface area contributed by atoms with Crippen LogP contribution in [0.25, 0.3) is 21.9 Å². The second-order valence-corrected chi connectivity index (χ2v) is 12.3.